The van der Waals surface area contributed by atoms with Crippen molar-refractivity contribution in [2.75, 3.05) is 0 Å². The number of thiophene rings is 1. The van der Waals surface area contributed by atoms with Crippen LogP contribution in [0.2, 0.25) is 0 Å². The van der Waals surface area contributed by atoms with Crippen molar-refractivity contribution in [1.29, 1.82) is 0 Å². The van der Waals surface area contributed by atoms with Crippen LogP contribution < -0.4 is 0 Å². The molecule has 80 valence electrons. The topological polar surface area (TPSA) is 38.0 Å². The van der Waals surface area contributed by atoms with Gasteiger partial charge in [-0.2, -0.15) is 16.4 Å². The minimum atomic E-state index is -0.425. The van der Waals surface area contributed by atoms with Gasteiger partial charge in [0, 0.05) is 19.2 Å². The Hall–Kier alpha value is -1.13. The van der Waals surface area contributed by atoms with E-state index in [0.717, 1.165) is 17.0 Å². The van der Waals surface area contributed by atoms with Crippen molar-refractivity contribution >= 4 is 11.3 Å². The Balaban J connectivity index is 2.12. The third kappa shape index (κ3) is 2.27. The lowest BCUT2D eigenvalue weighted by molar-refractivity contribution is 0.176. The molecule has 2 rings (SSSR count). The van der Waals surface area contributed by atoms with Crippen molar-refractivity contribution in [3.8, 4) is 0 Å². The molecule has 0 radical (unpaired) electrons. The van der Waals surface area contributed by atoms with E-state index in [4.69, 9.17) is 0 Å². The zero-order valence-corrected chi connectivity index (χ0v) is 9.66. The summed E-state index contributed by atoms with van der Waals surface area (Å²) in [5, 5.41) is 18.2. The Labute approximate surface area is 93.0 Å². The zero-order valence-electron chi connectivity index (χ0n) is 8.84. The number of aromatic nitrogens is 2. The predicted molar refractivity (Wildman–Crippen MR) is 60.9 cm³/mol. The fourth-order valence-corrected chi connectivity index (χ4v) is 2.34. The van der Waals surface area contributed by atoms with Gasteiger partial charge in [-0.25, -0.2) is 0 Å². The molecule has 0 saturated carbocycles. The highest BCUT2D eigenvalue weighted by molar-refractivity contribution is 7.07. The molecular formula is C11H14N2OS. The molecule has 2 aromatic heterocycles. The molecule has 3 nitrogen and oxygen atoms in total. The monoisotopic (exact) mass is 222 g/mol. The van der Waals surface area contributed by atoms with E-state index in [1.807, 2.05) is 41.5 Å². The summed E-state index contributed by atoms with van der Waals surface area (Å²) in [6, 6.07) is 3.97. The van der Waals surface area contributed by atoms with Gasteiger partial charge in [-0.05, 0) is 35.4 Å². The molecule has 0 saturated heterocycles. The molecular weight excluding hydrogens is 208 g/mol. The molecule has 0 aliphatic carbocycles. The highest BCUT2D eigenvalue weighted by atomic mass is 32.1. The van der Waals surface area contributed by atoms with Crippen molar-refractivity contribution in [3.63, 3.8) is 0 Å². The van der Waals surface area contributed by atoms with E-state index in [1.54, 1.807) is 11.3 Å². The fourth-order valence-electron chi connectivity index (χ4n) is 1.64. The average molecular weight is 222 g/mol. The van der Waals surface area contributed by atoms with Crippen LogP contribution in [-0.4, -0.2) is 14.9 Å². The van der Waals surface area contributed by atoms with E-state index < -0.39 is 6.10 Å². The van der Waals surface area contributed by atoms with Gasteiger partial charge in [0.05, 0.1) is 11.8 Å². The van der Waals surface area contributed by atoms with Crippen molar-refractivity contribution < 1.29 is 5.11 Å². The van der Waals surface area contributed by atoms with Gasteiger partial charge in [0.1, 0.15) is 0 Å². The lowest BCUT2D eigenvalue weighted by atomic mass is 10.1. The summed E-state index contributed by atoms with van der Waals surface area (Å²) >= 11 is 1.61. The maximum absolute atomic E-state index is 9.96. The van der Waals surface area contributed by atoms with E-state index in [9.17, 15) is 5.11 Å². The second-order valence-electron chi connectivity index (χ2n) is 3.68. The van der Waals surface area contributed by atoms with E-state index in [0.29, 0.717) is 6.42 Å². The first-order valence-corrected chi connectivity index (χ1v) is 5.81. The first-order valence-electron chi connectivity index (χ1n) is 4.86. The normalized spacial score (nSPS) is 13.0. The van der Waals surface area contributed by atoms with Gasteiger partial charge in [-0.3, -0.25) is 4.68 Å². The highest BCUT2D eigenvalue weighted by Gasteiger charge is 2.11. The Kier molecular flexibility index (Phi) is 2.88. The van der Waals surface area contributed by atoms with Crippen LogP contribution >= 0.6 is 11.3 Å². The van der Waals surface area contributed by atoms with Gasteiger partial charge >= 0.3 is 0 Å². The molecule has 4 heteroatoms. The van der Waals surface area contributed by atoms with Gasteiger partial charge in [0.15, 0.2) is 0 Å². The van der Waals surface area contributed by atoms with Crippen LogP contribution in [0.1, 0.15) is 23.1 Å². The maximum atomic E-state index is 9.96. The van der Waals surface area contributed by atoms with Crippen LogP contribution in [0.5, 0.6) is 0 Å². The lowest BCUT2D eigenvalue weighted by Crippen LogP contribution is -2.05. The number of aryl methyl sites for hydroxylation is 2. The standard InChI is InChI=1S/C11H14N2OS/c1-8-5-10(13(2)12-8)6-11(14)9-3-4-15-7-9/h3-5,7,11,14H,6H2,1-2H3. The van der Waals surface area contributed by atoms with Gasteiger partial charge in [-0.1, -0.05) is 0 Å². The van der Waals surface area contributed by atoms with Crippen LogP contribution in [0, 0.1) is 6.92 Å². The number of aliphatic hydroxyl groups excluding tert-OH is 1. The van der Waals surface area contributed by atoms with E-state index in [1.165, 1.54) is 0 Å². The average Bonchev–Trinajstić information content (AvgIpc) is 2.76. The third-order valence-corrected chi connectivity index (χ3v) is 3.13. The molecule has 1 N–H and O–H groups in total. The molecule has 0 aliphatic heterocycles. The minimum Gasteiger partial charge on any atom is -0.388 e. The molecule has 0 fully saturated rings. The van der Waals surface area contributed by atoms with Crippen LogP contribution in [0.4, 0.5) is 0 Å². The van der Waals surface area contributed by atoms with Gasteiger partial charge in [0.25, 0.3) is 0 Å². The largest absolute Gasteiger partial charge is 0.388 e. The smallest absolute Gasteiger partial charge is 0.0853 e. The third-order valence-electron chi connectivity index (χ3n) is 2.43. The Morgan fingerprint density at radius 3 is 2.93 bits per heavy atom. The Morgan fingerprint density at radius 2 is 2.40 bits per heavy atom. The van der Waals surface area contributed by atoms with Crippen molar-refractivity contribution in [1.82, 2.24) is 9.78 Å². The maximum Gasteiger partial charge on any atom is 0.0853 e. The number of hydrogen-bond acceptors (Lipinski definition) is 3. The number of hydrogen-bond donors (Lipinski definition) is 1. The van der Waals surface area contributed by atoms with Crippen molar-refractivity contribution in [3.05, 3.63) is 39.8 Å². The summed E-state index contributed by atoms with van der Waals surface area (Å²) in [6.07, 6.45) is 0.194. The van der Waals surface area contributed by atoms with E-state index in [-0.39, 0.29) is 0 Å². The molecule has 2 heterocycles. The summed E-state index contributed by atoms with van der Waals surface area (Å²) in [5.74, 6) is 0. The van der Waals surface area contributed by atoms with Crippen LogP contribution in [0.15, 0.2) is 22.9 Å². The molecule has 0 amide bonds. The van der Waals surface area contributed by atoms with E-state index in [2.05, 4.69) is 5.10 Å². The summed E-state index contributed by atoms with van der Waals surface area (Å²) in [5.41, 5.74) is 3.04. The number of rotatable bonds is 3. The summed E-state index contributed by atoms with van der Waals surface area (Å²) < 4.78 is 1.82. The molecule has 0 aliphatic rings. The first-order chi connectivity index (χ1) is 7.16. The summed E-state index contributed by atoms with van der Waals surface area (Å²) in [7, 11) is 1.91. The lowest BCUT2D eigenvalue weighted by Gasteiger charge is -2.08. The van der Waals surface area contributed by atoms with Crippen molar-refractivity contribution in [2.24, 2.45) is 7.05 Å². The minimum absolute atomic E-state index is 0.425. The van der Waals surface area contributed by atoms with Gasteiger partial charge < -0.3 is 5.11 Å². The van der Waals surface area contributed by atoms with Crippen LogP contribution in [0.3, 0.4) is 0 Å². The molecule has 0 aromatic carbocycles. The second-order valence-corrected chi connectivity index (χ2v) is 4.46. The highest BCUT2D eigenvalue weighted by Crippen LogP contribution is 2.20. The molecule has 1 atom stereocenters. The number of nitrogens with zero attached hydrogens (tertiary/aromatic N) is 2. The molecule has 15 heavy (non-hydrogen) atoms. The molecule has 0 spiro atoms. The molecule has 0 bridgehead atoms. The first kappa shape index (κ1) is 10.4. The van der Waals surface area contributed by atoms with Gasteiger partial charge in [0.2, 0.25) is 0 Å². The fraction of sp³-hybridized carbons (Fsp3) is 0.364. The van der Waals surface area contributed by atoms with E-state index >= 15 is 0 Å². The summed E-state index contributed by atoms with van der Waals surface area (Å²) in [4.78, 5) is 0. The summed E-state index contributed by atoms with van der Waals surface area (Å²) in [6.45, 7) is 1.96. The van der Waals surface area contributed by atoms with Crippen molar-refractivity contribution in [2.45, 2.75) is 19.4 Å². The molecule has 2 aromatic rings. The Bertz CT molecular complexity index is 433. The molecule has 1 unspecified atom stereocenters. The predicted octanol–water partition coefficient (Wildman–Crippen LogP) is 2.07. The van der Waals surface area contributed by atoms with Crippen LogP contribution in [0.25, 0.3) is 0 Å². The number of aliphatic hydroxyl groups is 1. The zero-order chi connectivity index (χ0) is 10.8. The SMILES string of the molecule is Cc1cc(CC(O)c2ccsc2)n(C)n1. The second kappa shape index (κ2) is 4.16. The van der Waals surface area contributed by atoms with Crippen LogP contribution in [-0.2, 0) is 13.5 Å². The van der Waals surface area contributed by atoms with Gasteiger partial charge in [-0.15, -0.1) is 0 Å². The Morgan fingerprint density at radius 1 is 1.60 bits per heavy atom. The quantitative estimate of drug-likeness (QED) is 0.863.